The number of aromatic nitrogens is 2. The molecule has 0 fully saturated rings. The van der Waals surface area contributed by atoms with Gasteiger partial charge in [0, 0.05) is 25.6 Å². The molecule has 0 saturated heterocycles. The topological polar surface area (TPSA) is 70.8 Å². The van der Waals surface area contributed by atoms with Gasteiger partial charge in [0.05, 0.1) is 34.4 Å². The Bertz CT molecular complexity index is 623. The Kier molecular flexibility index (Phi) is 3.90. The average Bonchev–Trinajstić information content (AvgIpc) is 2.90. The van der Waals surface area contributed by atoms with Crippen LogP contribution in [-0.4, -0.2) is 23.1 Å². The van der Waals surface area contributed by atoms with Crippen molar-refractivity contribution in [2.45, 2.75) is 19.4 Å². The van der Waals surface area contributed by atoms with Gasteiger partial charge in [0.15, 0.2) is 0 Å². The number of hydrogen-bond acceptors (Lipinski definition) is 6. The number of pyridine rings is 1. The highest BCUT2D eigenvalue weighted by Crippen LogP contribution is 2.23. The standard InChI is InChI=1S/C14H14N4OS/c15-8-10-2-1-5-16-14(10)17-6-3-13-18-11-4-7-19-9-12(11)20-13/h1-2,5H,3-4,6-7,9H2,(H,16,17). The number of hydrogen-bond donors (Lipinski definition) is 1. The minimum absolute atomic E-state index is 0.569. The molecule has 0 saturated carbocycles. The van der Waals surface area contributed by atoms with Crippen molar-refractivity contribution in [1.29, 1.82) is 5.26 Å². The zero-order valence-electron chi connectivity index (χ0n) is 10.9. The molecule has 0 atom stereocenters. The van der Waals surface area contributed by atoms with E-state index in [-0.39, 0.29) is 0 Å². The summed E-state index contributed by atoms with van der Waals surface area (Å²) in [6.07, 6.45) is 3.43. The Morgan fingerprint density at radius 1 is 1.50 bits per heavy atom. The number of anilines is 1. The van der Waals surface area contributed by atoms with Gasteiger partial charge in [0.25, 0.3) is 0 Å². The van der Waals surface area contributed by atoms with E-state index in [1.165, 1.54) is 10.6 Å². The van der Waals surface area contributed by atoms with Crippen molar-refractivity contribution in [2.75, 3.05) is 18.5 Å². The van der Waals surface area contributed by atoms with E-state index in [4.69, 9.17) is 10.00 Å². The summed E-state index contributed by atoms with van der Waals surface area (Å²) in [5, 5.41) is 13.3. The molecule has 6 heteroatoms. The number of nitrogens with zero attached hydrogens (tertiary/aromatic N) is 3. The van der Waals surface area contributed by atoms with Gasteiger partial charge < -0.3 is 10.1 Å². The third kappa shape index (κ3) is 2.79. The lowest BCUT2D eigenvalue weighted by Gasteiger charge is -2.08. The van der Waals surface area contributed by atoms with E-state index in [1.807, 2.05) is 0 Å². The molecule has 1 aliphatic heterocycles. The Balaban J connectivity index is 1.60. The van der Waals surface area contributed by atoms with Crippen LogP contribution in [0.25, 0.3) is 0 Å². The van der Waals surface area contributed by atoms with Crippen LogP contribution < -0.4 is 5.32 Å². The smallest absolute Gasteiger partial charge is 0.143 e. The Labute approximate surface area is 121 Å². The minimum atomic E-state index is 0.569. The predicted molar refractivity (Wildman–Crippen MR) is 76.6 cm³/mol. The Morgan fingerprint density at radius 2 is 2.45 bits per heavy atom. The van der Waals surface area contributed by atoms with Crippen LogP contribution in [0.2, 0.25) is 0 Å². The van der Waals surface area contributed by atoms with Crippen molar-refractivity contribution >= 4 is 17.2 Å². The molecule has 2 aromatic heterocycles. The van der Waals surface area contributed by atoms with Crippen molar-refractivity contribution in [3.63, 3.8) is 0 Å². The monoisotopic (exact) mass is 286 g/mol. The fourth-order valence-corrected chi connectivity index (χ4v) is 3.16. The molecule has 0 aliphatic carbocycles. The maximum absolute atomic E-state index is 8.99. The average molecular weight is 286 g/mol. The van der Waals surface area contributed by atoms with Crippen LogP contribution >= 0.6 is 11.3 Å². The molecule has 3 rings (SSSR count). The highest BCUT2D eigenvalue weighted by molar-refractivity contribution is 7.11. The summed E-state index contributed by atoms with van der Waals surface area (Å²) < 4.78 is 5.42. The molecular formula is C14H14N4OS. The number of nitriles is 1. The first kappa shape index (κ1) is 13.0. The molecule has 2 aromatic rings. The first-order chi connectivity index (χ1) is 9.86. The number of rotatable bonds is 4. The van der Waals surface area contributed by atoms with Crippen molar-refractivity contribution < 1.29 is 4.74 Å². The van der Waals surface area contributed by atoms with Gasteiger partial charge in [-0.2, -0.15) is 5.26 Å². The number of ether oxygens (including phenoxy) is 1. The molecule has 1 aliphatic rings. The van der Waals surface area contributed by atoms with E-state index in [0.717, 1.165) is 31.0 Å². The summed E-state index contributed by atoms with van der Waals surface area (Å²) in [7, 11) is 0. The number of fused-ring (bicyclic) bond motifs is 1. The molecule has 5 nitrogen and oxygen atoms in total. The number of thiazole rings is 1. The summed E-state index contributed by atoms with van der Waals surface area (Å²) in [5.41, 5.74) is 1.76. The van der Waals surface area contributed by atoms with Crippen LogP contribution in [-0.2, 0) is 24.2 Å². The third-order valence-electron chi connectivity index (χ3n) is 3.10. The fourth-order valence-electron chi connectivity index (χ4n) is 2.11. The van der Waals surface area contributed by atoms with Gasteiger partial charge in [-0.3, -0.25) is 0 Å². The van der Waals surface area contributed by atoms with Gasteiger partial charge in [0.2, 0.25) is 0 Å². The van der Waals surface area contributed by atoms with Crippen LogP contribution in [0.3, 0.4) is 0 Å². The highest BCUT2D eigenvalue weighted by atomic mass is 32.1. The maximum atomic E-state index is 8.99. The first-order valence-electron chi connectivity index (χ1n) is 6.51. The van der Waals surface area contributed by atoms with Crippen molar-refractivity contribution in [3.05, 3.63) is 39.5 Å². The molecule has 0 bridgehead atoms. The normalized spacial score (nSPS) is 13.6. The summed E-state index contributed by atoms with van der Waals surface area (Å²) in [5.74, 6) is 0.639. The molecule has 1 N–H and O–H groups in total. The van der Waals surface area contributed by atoms with Crippen LogP contribution in [0.1, 0.15) is 21.1 Å². The second kappa shape index (κ2) is 5.99. The van der Waals surface area contributed by atoms with E-state index in [0.29, 0.717) is 18.0 Å². The van der Waals surface area contributed by atoms with Crippen LogP contribution in [0.5, 0.6) is 0 Å². The molecule has 0 aromatic carbocycles. The predicted octanol–water partition coefficient (Wildman–Crippen LogP) is 2.14. The summed E-state index contributed by atoms with van der Waals surface area (Å²) in [4.78, 5) is 10.1. The van der Waals surface area contributed by atoms with Crippen molar-refractivity contribution in [3.8, 4) is 6.07 Å². The quantitative estimate of drug-likeness (QED) is 0.932. The van der Waals surface area contributed by atoms with Crippen LogP contribution in [0.4, 0.5) is 5.82 Å². The van der Waals surface area contributed by atoms with Crippen LogP contribution in [0, 0.1) is 11.3 Å². The molecule has 0 radical (unpaired) electrons. The van der Waals surface area contributed by atoms with Crippen molar-refractivity contribution in [2.24, 2.45) is 0 Å². The second-order valence-electron chi connectivity index (χ2n) is 4.47. The first-order valence-corrected chi connectivity index (χ1v) is 7.32. The van der Waals surface area contributed by atoms with Gasteiger partial charge in [-0.05, 0) is 12.1 Å². The fraction of sp³-hybridized carbons (Fsp3) is 0.357. The van der Waals surface area contributed by atoms with Gasteiger partial charge >= 0.3 is 0 Å². The van der Waals surface area contributed by atoms with Gasteiger partial charge in [-0.1, -0.05) is 0 Å². The number of nitrogens with one attached hydrogen (secondary N) is 1. The molecular weight excluding hydrogens is 272 g/mol. The van der Waals surface area contributed by atoms with E-state index in [9.17, 15) is 0 Å². The van der Waals surface area contributed by atoms with E-state index in [2.05, 4.69) is 21.4 Å². The van der Waals surface area contributed by atoms with Gasteiger partial charge in [0.1, 0.15) is 11.9 Å². The molecule has 0 unspecified atom stereocenters. The second-order valence-corrected chi connectivity index (χ2v) is 5.64. The lowest BCUT2D eigenvalue weighted by atomic mass is 10.2. The van der Waals surface area contributed by atoms with E-state index < -0.39 is 0 Å². The van der Waals surface area contributed by atoms with Crippen LogP contribution in [0.15, 0.2) is 18.3 Å². The Hall–Kier alpha value is -1.97. The summed E-state index contributed by atoms with van der Waals surface area (Å²) in [6, 6.07) is 5.65. The highest BCUT2D eigenvalue weighted by Gasteiger charge is 2.15. The maximum Gasteiger partial charge on any atom is 0.143 e. The molecule has 0 spiro atoms. The van der Waals surface area contributed by atoms with Gasteiger partial charge in [-0.25, -0.2) is 9.97 Å². The summed E-state index contributed by atoms with van der Waals surface area (Å²) >= 11 is 1.72. The zero-order valence-corrected chi connectivity index (χ0v) is 11.7. The van der Waals surface area contributed by atoms with E-state index >= 15 is 0 Å². The van der Waals surface area contributed by atoms with E-state index in [1.54, 1.807) is 29.7 Å². The zero-order chi connectivity index (χ0) is 13.8. The van der Waals surface area contributed by atoms with Crippen molar-refractivity contribution in [1.82, 2.24) is 9.97 Å². The lowest BCUT2D eigenvalue weighted by Crippen LogP contribution is -2.08. The molecule has 102 valence electrons. The van der Waals surface area contributed by atoms with Gasteiger partial charge in [-0.15, -0.1) is 11.3 Å². The lowest BCUT2D eigenvalue weighted by molar-refractivity contribution is 0.112. The molecule has 20 heavy (non-hydrogen) atoms. The SMILES string of the molecule is N#Cc1cccnc1NCCc1nc2c(s1)COCC2. The minimum Gasteiger partial charge on any atom is -0.375 e. The Morgan fingerprint density at radius 3 is 3.30 bits per heavy atom. The summed E-state index contributed by atoms with van der Waals surface area (Å²) in [6.45, 7) is 2.19. The third-order valence-corrected chi connectivity index (χ3v) is 4.23. The molecule has 3 heterocycles. The largest absolute Gasteiger partial charge is 0.375 e. The molecule has 0 amide bonds.